The number of ether oxygens (including phenoxy) is 1. The second-order valence-corrected chi connectivity index (χ2v) is 7.38. The van der Waals surface area contributed by atoms with Crippen LogP contribution in [0, 0.1) is 5.82 Å². The van der Waals surface area contributed by atoms with Crippen molar-refractivity contribution in [3.8, 4) is 11.6 Å². The fourth-order valence-corrected chi connectivity index (χ4v) is 3.52. The zero-order valence-corrected chi connectivity index (χ0v) is 16.8. The Morgan fingerprint density at radius 2 is 1.88 bits per heavy atom. The summed E-state index contributed by atoms with van der Waals surface area (Å²) >= 11 is 0. The molecule has 0 aliphatic heterocycles. The minimum atomic E-state index is -4.91. The highest BCUT2D eigenvalue weighted by molar-refractivity contribution is 5.93. The number of aromatic nitrogens is 4. The third-order valence-corrected chi connectivity index (χ3v) is 5.07. The lowest BCUT2D eigenvalue weighted by Gasteiger charge is -2.13. The highest BCUT2D eigenvalue weighted by atomic mass is 19.4. The number of nitrogens with zero attached hydrogens (tertiary/aromatic N) is 4. The smallest absolute Gasteiger partial charge is 0.435 e. The van der Waals surface area contributed by atoms with Crippen molar-refractivity contribution in [2.24, 2.45) is 0 Å². The number of amides is 1. The molecule has 1 fully saturated rings. The zero-order chi connectivity index (χ0) is 22.7. The highest BCUT2D eigenvalue weighted by Crippen LogP contribution is 2.32. The molecule has 0 bridgehead atoms. The summed E-state index contributed by atoms with van der Waals surface area (Å²) in [6, 6.07) is 7.48. The molecule has 1 aromatic carbocycles. The molecule has 7 nitrogen and oxygen atoms in total. The summed E-state index contributed by atoms with van der Waals surface area (Å²) in [6.45, 7) is -0.0525. The molecule has 0 spiro atoms. The van der Waals surface area contributed by atoms with Crippen LogP contribution in [-0.4, -0.2) is 32.0 Å². The van der Waals surface area contributed by atoms with E-state index in [0.717, 1.165) is 49.9 Å². The number of carbonyl (C=O) groups is 1. The van der Waals surface area contributed by atoms with Gasteiger partial charge in [-0.15, -0.1) is 5.10 Å². The van der Waals surface area contributed by atoms with Crippen molar-refractivity contribution in [1.29, 1.82) is 0 Å². The molecule has 1 saturated carbocycles. The number of hydrogen-bond acceptors (Lipinski definition) is 5. The predicted octanol–water partition coefficient (Wildman–Crippen LogP) is 4.07. The van der Waals surface area contributed by atoms with Crippen LogP contribution in [0.4, 0.5) is 17.6 Å². The molecule has 1 amide bonds. The third-order valence-electron chi connectivity index (χ3n) is 5.07. The van der Waals surface area contributed by atoms with Crippen molar-refractivity contribution in [2.75, 3.05) is 0 Å². The summed E-state index contributed by atoms with van der Waals surface area (Å²) in [7, 11) is 0. The Morgan fingerprint density at radius 3 is 2.56 bits per heavy atom. The van der Waals surface area contributed by atoms with E-state index < -0.39 is 29.3 Å². The topological polar surface area (TPSA) is 81.9 Å². The Morgan fingerprint density at radius 1 is 1.16 bits per heavy atom. The van der Waals surface area contributed by atoms with Gasteiger partial charge in [-0.25, -0.2) is 14.1 Å². The van der Waals surface area contributed by atoms with Gasteiger partial charge < -0.3 is 10.1 Å². The number of nitrogens with one attached hydrogen (secondary N) is 1. The van der Waals surface area contributed by atoms with Gasteiger partial charge in [0.25, 0.3) is 5.91 Å². The zero-order valence-electron chi connectivity index (χ0n) is 16.8. The predicted molar refractivity (Wildman–Crippen MR) is 105 cm³/mol. The van der Waals surface area contributed by atoms with Crippen LogP contribution in [0.3, 0.4) is 0 Å². The fourth-order valence-electron chi connectivity index (χ4n) is 3.52. The first kappa shape index (κ1) is 21.7. The Hall–Kier alpha value is -3.50. The second kappa shape index (κ2) is 8.93. The van der Waals surface area contributed by atoms with E-state index in [4.69, 9.17) is 4.74 Å². The third kappa shape index (κ3) is 4.87. The maximum atomic E-state index is 13.7. The minimum absolute atomic E-state index is 0.0525. The van der Waals surface area contributed by atoms with E-state index in [-0.39, 0.29) is 18.3 Å². The summed E-state index contributed by atoms with van der Waals surface area (Å²) in [6.07, 6.45) is 0.796. The lowest BCUT2D eigenvalue weighted by molar-refractivity contribution is -0.143. The van der Waals surface area contributed by atoms with Gasteiger partial charge in [-0.3, -0.25) is 4.79 Å². The standard InChI is InChI=1S/C21H19F4N5O2/c22-14-5-7-15(8-6-14)30-19(21(23,24)25)18(28-29-30)20(31)27-12-13-9-10-26-17(11-13)32-16-3-1-2-4-16/h5-11,16H,1-4,12H2,(H,27,31). The molecule has 1 aliphatic rings. The van der Waals surface area contributed by atoms with Gasteiger partial charge in [0.05, 0.1) is 5.69 Å². The van der Waals surface area contributed by atoms with Crippen molar-refractivity contribution in [3.63, 3.8) is 0 Å². The number of halogens is 4. The molecule has 168 valence electrons. The molecule has 0 atom stereocenters. The summed E-state index contributed by atoms with van der Waals surface area (Å²) in [5.41, 5.74) is -1.69. The summed E-state index contributed by atoms with van der Waals surface area (Å²) < 4.78 is 60.5. The number of benzene rings is 1. The molecular weight excluding hydrogens is 430 g/mol. The van der Waals surface area contributed by atoms with Crippen molar-refractivity contribution < 1.29 is 27.1 Å². The quantitative estimate of drug-likeness (QED) is 0.574. The Bertz CT molecular complexity index is 1090. The van der Waals surface area contributed by atoms with Gasteiger partial charge in [0.1, 0.15) is 11.9 Å². The van der Waals surface area contributed by atoms with Gasteiger partial charge >= 0.3 is 6.18 Å². The number of hydrogen-bond donors (Lipinski definition) is 1. The Kier molecular flexibility index (Phi) is 6.06. The van der Waals surface area contributed by atoms with Gasteiger partial charge in [-0.2, -0.15) is 13.2 Å². The lowest BCUT2D eigenvalue weighted by Crippen LogP contribution is -2.27. The van der Waals surface area contributed by atoms with Crippen LogP contribution in [0.2, 0.25) is 0 Å². The molecule has 32 heavy (non-hydrogen) atoms. The maximum Gasteiger partial charge on any atom is 0.435 e. The first-order valence-corrected chi connectivity index (χ1v) is 10.00. The lowest BCUT2D eigenvalue weighted by atomic mass is 10.2. The van der Waals surface area contributed by atoms with Crippen molar-refractivity contribution in [3.05, 3.63) is 65.4 Å². The maximum absolute atomic E-state index is 13.7. The van der Waals surface area contributed by atoms with E-state index in [0.29, 0.717) is 16.1 Å². The van der Waals surface area contributed by atoms with Crippen LogP contribution in [0.15, 0.2) is 42.6 Å². The number of alkyl halides is 3. The van der Waals surface area contributed by atoms with E-state index in [9.17, 15) is 22.4 Å². The molecule has 0 saturated heterocycles. The van der Waals surface area contributed by atoms with Crippen molar-refractivity contribution >= 4 is 5.91 Å². The molecule has 3 aromatic rings. The summed E-state index contributed by atoms with van der Waals surface area (Å²) in [5.74, 6) is -1.25. The van der Waals surface area contributed by atoms with E-state index in [1.54, 1.807) is 12.1 Å². The van der Waals surface area contributed by atoms with Gasteiger partial charge in [0, 0.05) is 18.8 Å². The minimum Gasteiger partial charge on any atom is -0.474 e. The molecule has 2 aromatic heterocycles. The first-order valence-electron chi connectivity index (χ1n) is 10.00. The fraction of sp³-hybridized carbons (Fsp3) is 0.333. The second-order valence-electron chi connectivity index (χ2n) is 7.38. The van der Waals surface area contributed by atoms with Crippen molar-refractivity contribution in [2.45, 2.75) is 44.5 Å². The molecule has 11 heteroatoms. The molecule has 2 heterocycles. The molecule has 1 aliphatic carbocycles. The van der Waals surface area contributed by atoms with Gasteiger partial charge in [-0.1, -0.05) is 5.21 Å². The van der Waals surface area contributed by atoms with Gasteiger partial charge in [-0.05, 0) is 61.6 Å². The Balaban J connectivity index is 1.50. The van der Waals surface area contributed by atoms with Gasteiger partial charge in [0.2, 0.25) is 5.88 Å². The van der Waals surface area contributed by atoms with E-state index >= 15 is 0 Å². The van der Waals surface area contributed by atoms with Crippen LogP contribution in [-0.2, 0) is 12.7 Å². The molecule has 1 N–H and O–H groups in total. The number of pyridine rings is 1. The molecule has 0 radical (unpaired) electrons. The first-order chi connectivity index (χ1) is 15.3. The van der Waals surface area contributed by atoms with Crippen molar-refractivity contribution in [1.82, 2.24) is 25.3 Å². The SMILES string of the molecule is O=C(NCc1ccnc(OC2CCCC2)c1)c1nnn(-c2ccc(F)cc2)c1C(F)(F)F. The molecule has 4 rings (SSSR count). The van der Waals surface area contributed by atoms with Crippen LogP contribution >= 0.6 is 0 Å². The van der Waals surface area contributed by atoms with E-state index in [2.05, 4.69) is 20.6 Å². The van der Waals surface area contributed by atoms with E-state index in [1.165, 1.54) is 6.20 Å². The average Bonchev–Trinajstić information content (AvgIpc) is 3.43. The van der Waals surface area contributed by atoms with E-state index in [1.807, 2.05) is 0 Å². The van der Waals surface area contributed by atoms with Gasteiger partial charge in [0.15, 0.2) is 11.4 Å². The number of carbonyl (C=O) groups excluding carboxylic acids is 1. The molecular formula is C21H19F4N5O2. The largest absolute Gasteiger partial charge is 0.474 e. The summed E-state index contributed by atoms with van der Waals surface area (Å²) in [5, 5.41) is 9.32. The van der Waals surface area contributed by atoms with Crippen LogP contribution in [0.25, 0.3) is 5.69 Å². The van der Waals surface area contributed by atoms with Crippen LogP contribution in [0.1, 0.15) is 47.4 Å². The van der Waals surface area contributed by atoms with Crippen LogP contribution in [0.5, 0.6) is 5.88 Å². The average molecular weight is 449 g/mol. The summed E-state index contributed by atoms with van der Waals surface area (Å²) in [4.78, 5) is 16.7. The number of rotatable bonds is 6. The highest BCUT2D eigenvalue weighted by Gasteiger charge is 2.42. The normalized spacial score (nSPS) is 14.5. The Labute approximate surface area is 180 Å². The van der Waals surface area contributed by atoms with Crippen LogP contribution < -0.4 is 10.1 Å². The molecule has 0 unspecified atom stereocenters. The monoisotopic (exact) mass is 449 g/mol.